The van der Waals surface area contributed by atoms with E-state index in [0.717, 1.165) is 19.4 Å². The molecule has 0 rings (SSSR count). The fraction of sp³-hybridized carbons (Fsp3) is 0.429. The second-order valence-corrected chi connectivity index (χ2v) is 3.69. The lowest BCUT2D eigenvalue weighted by molar-refractivity contribution is 0.489. The monoisotopic (exact) mass is 220 g/mol. The van der Waals surface area contributed by atoms with Crippen molar-refractivity contribution < 1.29 is 0 Å². The Labute approximate surface area is 100 Å². The molecule has 0 unspecified atom stereocenters. The molecule has 0 amide bonds. The van der Waals surface area contributed by atoms with E-state index >= 15 is 0 Å². The fourth-order valence-electron chi connectivity index (χ4n) is 1.49. The molecule has 0 aromatic heterocycles. The highest BCUT2D eigenvalue weighted by Crippen LogP contribution is 2.12. The summed E-state index contributed by atoms with van der Waals surface area (Å²) >= 11 is 0. The molecule has 0 saturated heterocycles. The Hall–Kier alpha value is -1.44. The highest BCUT2D eigenvalue weighted by atomic mass is 15.1. The molecule has 0 spiro atoms. The summed E-state index contributed by atoms with van der Waals surface area (Å²) < 4.78 is 0. The normalized spacial score (nSPS) is 12.2. The second-order valence-electron chi connectivity index (χ2n) is 3.69. The van der Waals surface area contributed by atoms with Crippen LogP contribution in [0.25, 0.3) is 0 Å². The highest BCUT2D eigenvalue weighted by Gasteiger charge is 2.03. The van der Waals surface area contributed by atoms with Crippen LogP contribution in [0.15, 0.2) is 49.0 Å². The maximum atomic E-state index is 3.79. The molecule has 0 aliphatic heterocycles. The van der Waals surface area contributed by atoms with E-state index in [-0.39, 0.29) is 0 Å². The summed E-state index contributed by atoms with van der Waals surface area (Å²) in [5, 5.41) is 3.08. The van der Waals surface area contributed by atoms with Gasteiger partial charge in [-0.2, -0.15) is 0 Å². The standard InChI is InChI=1S/C14H24N2/c1-6-9-13(4)12-16(10-7-2)14(8-3)11-15-5/h6-7,11-12,15H,1-2,8-10H2,3-5H3/b13-12-,14-11-. The van der Waals surface area contributed by atoms with E-state index in [1.807, 2.05) is 25.4 Å². The minimum atomic E-state index is 0.829. The Bertz CT molecular complexity index is 274. The Morgan fingerprint density at radius 2 is 2.00 bits per heavy atom. The van der Waals surface area contributed by atoms with Crippen molar-refractivity contribution in [2.24, 2.45) is 0 Å². The first kappa shape index (κ1) is 14.6. The number of nitrogens with one attached hydrogen (secondary N) is 1. The van der Waals surface area contributed by atoms with Crippen LogP contribution in [0, 0.1) is 0 Å². The zero-order valence-electron chi connectivity index (χ0n) is 10.8. The number of hydrogen-bond donors (Lipinski definition) is 1. The Balaban J connectivity index is 4.82. The minimum Gasteiger partial charge on any atom is -0.393 e. The second kappa shape index (κ2) is 8.84. The summed E-state index contributed by atoms with van der Waals surface area (Å²) in [6.45, 7) is 12.6. The van der Waals surface area contributed by atoms with E-state index in [4.69, 9.17) is 0 Å². The predicted molar refractivity (Wildman–Crippen MR) is 72.9 cm³/mol. The van der Waals surface area contributed by atoms with Gasteiger partial charge in [-0.15, -0.1) is 13.2 Å². The molecule has 0 aliphatic carbocycles. The lowest BCUT2D eigenvalue weighted by atomic mass is 10.2. The molecular formula is C14H24N2. The third-order valence-corrected chi connectivity index (χ3v) is 2.21. The molecule has 0 aromatic carbocycles. The minimum absolute atomic E-state index is 0.829. The molecule has 16 heavy (non-hydrogen) atoms. The van der Waals surface area contributed by atoms with E-state index in [1.54, 1.807) is 0 Å². The van der Waals surface area contributed by atoms with Crippen molar-refractivity contribution in [1.29, 1.82) is 0 Å². The number of rotatable bonds is 8. The molecule has 0 aromatic rings. The quantitative estimate of drug-likeness (QED) is 0.630. The van der Waals surface area contributed by atoms with Crippen molar-refractivity contribution in [2.45, 2.75) is 26.7 Å². The lowest BCUT2D eigenvalue weighted by Gasteiger charge is -2.22. The summed E-state index contributed by atoms with van der Waals surface area (Å²) in [6.07, 6.45) is 9.94. The van der Waals surface area contributed by atoms with Crippen LogP contribution in [-0.2, 0) is 0 Å². The lowest BCUT2D eigenvalue weighted by Crippen LogP contribution is -2.18. The fourth-order valence-corrected chi connectivity index (χ4v) is 1.49. The van der Waals surface area contributed by atoms with E-state index in [9.17, 15) is 0 Å². The van der Waals surface area contributed by atoms with Gasteiger partial charge in [0.2, 0.25) is 0 Å². The smallest absolute Gasteiger partial charge is 0.0401 e. The molecule has 0 bridgehead atoms. The molecule has 2 heteroatoms. The SMILES string of the molecule is C=CC/C(C)=C\N(CC=C)/C(=C\NC)CC. The van der Waals surface area contributed by atoms with Gasteiger partial charge in [0.25, 0.3) is 0 Å². The first-order valence-electron chi connectivity index (χ1n) is 5.71. The molecule has 2 nitrogen and oxygen atoms in total. The van der Waals surface area contributed by atoms with Crippen LogP contribution in [0.3, 0.4) is 0 Å². The maximum Gasteiger partial charge on any atom is 0.0401 e. The number of hydrogen-bond acceptors (Lipinski definition) is 2. The zero-order valence-corrected chi connectivity index (χ0v) is 10.8. The van der Waals surface area contributed by atoms with Crippen LogP contribution in [0.5, 0.6) is 0 Å². The van der Waals surface area contributed by atoms with Crippen LogP contribution in [0.2, 0.25) is 0 Å². The summed E-state index contributed by atoms with van der Waals surface area (Å²) in [5.74, 6) is 0. The van der Waals surface area contributed by atoms with Gasteiger partial charge in [0.05, 0.1) is 0 Å². The molecule has 1 N–H and O–H groups in total. The van der Waals surface area contributed by atoms with Crippen LogP contribution in [0.1, 0.15) is 26.7 Å². The Morgan fingerprint density at radius 3 is 2.44 bits per heavy atom. The van der Waals surface area contributed by atoms with Crippen molar-refractivity contribution in [1.82, 2.24) is 10.2 Å². The van der Waals surface area contributed by atoms with Gasteiger partial charge in [-0.25, -0.2) is 0 Å². The first-order chi connectivity index (χ1) is 7.69. The average molecular weight is 220 g/mol. The molecule has 0 atom stereocenters. The molecule has 0 radical (unpaired) electrons. The van der Waals surface area contributed by atoms with Gasteiger partial charge >= 0.3 is 0 Å². The largest absolute Gasteiger partial charge is 0.393 e. The van der Waals surface area contributed by atoms with Gasteiger partial charge in [-0.05, 0) is 19.8 Å². The summed E-state index contributed by atoms with van der Waals surface area (Å²) in [4.78, 5) is 2.21. The summed E-state index contributed by atoms with van der Waals surface area (Å²) in [6, 6.07) is 0. The average Bonchev–Trinajstić information content (AvgIpc) is 2.25. The van der Waals surface area contributed by atoms with Crippen molar-refractivity contribution in [3.63, 3.8) is 0 Å². The third-order valence-electron chi connectivity index (χ3n) is 2.21. The summed E-state index contributed by atoms with van der Waals surface area (Å²) in [5.41, 5.74) is 2.55. The van der Waals surface area contributed by atoms with E-state index < -0.39 is 0 Å². The number of nitrogens with zero attached hydrogens (tertiary/aromatic N) is 1. The Morgan fingerprint density at radius 1 is 1.31 bits per heavy atom. The van der Waals surface area contributed by atoms with Gasteiger partial charge in [-0.1, -0.05) is 24.6 Å². The van der Waals surface area contributed by atoms with Crippen LogP contribution >= 0.6 is 0 Å². The van der Waals surface area contributed by atoms with Crippen molar-refractivity contribution >= 4 is 0 Å². The van der Waals surface area contributed by atoms with Gasteiger partial charge in [0, 0.05) is 31.7 Å². The predicted octanol–water partition coefficient (Wildman–Crippen LogP) is 3.43. The van der Waals surface area contributed by atoms with Crippen LogP contribution in [0.4, 0.5) is 0 Å². The van der Waals surface area contributed by atoms with Crippen molar-refractivity contribution in [3.05, 3.63) is 49.0 Å². The van der Waals surface area contributed by atoms with Gasteiger partial charge in [-0.3, -0.25) is 0 Å². The summed E-state index contributed by atoms with van der Waals surface area (Å²) in [7, 11) is 1.92. The topological polar surface area (TPSA) is 15.3 Å². The van der Waals surface area contributed by atoms with Crippen LogP contribution in [-0.4, -0.2) is 18.5 Å². The highest BCUT2D eigenvalue weighted by molar-refractivity contribution is 5.11. The van der Waals surface area contributed by atoms with E-state index in [0.29, 0.717) is 0 Å². The van der Waals surface area contributed by atoms with Crippen molar-refractivity contribution in [3.8, 4) is 0 Å². The van der Waals surface area contributed by atoms with Crippen molar-refractivity contribution in [2.75, 3.05) is 13.6 Å². The molecule has 0 heterocycles. The molecule has 0 saturated carbocycles. The third kappa shape index (κ3) is 5.44. The van der Waals surface area contributed by atoms with E-state index in [2.05, 4.69) is 43.4 Å². The number of allylic oxidation sites excluding steroid dienone is 3. The van der Waals surface area contributed by atoms with Gasteiger partial charge in [0.1, 0.15) is 0 Å². The zero-order chi connectivity index (χ0) is 12.4. The van der Waals surface area contributed by atoms with Gasteiger partial charge in [0.15, 0.2) is 0 Å². The van der Waals surface area contributed by atoms with E-state index in [1.165, 1.54) is 11.3 Å². The molecule has 0 fully saturated rings. The van der Waals surface area contributed by atoms with Crippen LogP contribution < -0.4 is 5.32 Å². The molecule has 0 aliphatic rings. The Kier molecular flexibility index (Phi) is 8.04. The molecular weight excluding hydrogens is 196 g/mol. The first-order valence-corrected chi connectivity index (χ1v) is 5.71. The van der Waals surface area contributed by atoms with Gasteiger partial charge < -0.3 is 10.2 Å². The molecule has 90 valence electrons. The maximum absolute atomic E-state index is 3.79.